The maximum Gasteiger partial charge on any atom is 0.420 e. The Bertz CT molecular complexity index is 970. The number of methoxy groups -OCH3 is 1. The molecule has 0 fully saturated rings. The van der Waals surface area contributed by atoms with Gasteiger partial charge in [-0.2, -0.15) is 17.5 Å². The van der Waals surface area contributed by atoms with Crippen LogP contribution in [-0.4, -0.2) is 29.0 Å². The molecule has 0 aliphatic carbocycles. The van der Waals surface area contributed by atoms with Crippen LogP contribution in [0.2, 0.25) is 0 Å². The zero-order chi connectivity index (χ0) is 18.9. The second-order valence-electron chi connectivity index (χ2n) is 5.17. The highest BCUT2D eigenvalue weighted by molar-refractivity contribution is 7.08. The van der Waals surface area contributed by atoms with Crippen molar-refractivity contribution in [3.05, 3.63) is 40.9 Å². The first-order valence-corrected chi connectivity index (χ1v) is 8.31. The molecular weight excluding hydrogens is 369 g/mol. The predicted molar refractivity (Wildman–Crippen MR) is 90.4 cm³/mol. The Kier molecular flexibility index (Phi) is 4.82. The van der Waals surface area contributed by atoms with Crippen LogP contribution in [0.4, 0.5) is 13.2 Å². The number of ether oxygens (including phenoxy) is 2. The molecule has 3 aromatic rings. The lowest BCUT2D eigenvalue weighted by Gasteiger charge is -2.12. The smallest absolute Gasteiger partial charge is 0.420 e. The average molecular weight is 382 g/mol. The van der Waals surface area contributed by atoms with E-state index < -0.39 is 22.6 Å². The van der Waals surface area contributed by atoms with Crippen LogP contribution >= 0.6 is 11.5 Å². The SMILES string of the molecule is CCOC(=O)c1snc(-c2cccc3c(OC)nccc23)c1C(F)(F)F. The normalized spacial score (nSPS) is 11.6. The highest BCUT2D eigenvalue weighted by Crippen LogP contribution is 2.43. The van der Waals surface area contributed by atoms with Gasteiger partial charge in [-0.15, -0.1) is 0 Å². The van der Waals surface area contributed by atoms with Crippen molar-refractivity contribution >= 4 is 28.3 Å². The number of carbonyl (C=O) groups excluding carboxylic acids is 1. The van der Waals surface area contributed by atoms with Crippen LogP contribution < -0.4 is 4.74 Å². The summed E-state index contributed by atoms with van der Waals surface area (Å²) in [5, 5.41) is 1.04. The third-order valence-corrected chi connectivity index (χ3v) is 4.48. The highest BCUT2D eigenvalue weighted by Gasteiger charge is 2.42. The standard InChI is InChI=1S/C17H13F3N2O3S/c1-3-25-16(23)14-12(17(18,19)20)13(22-26-14)10-5-4-6-11-9(10)7-8-21-15(11)24-2/h4-8H,3H2,1-2H3. The van der Waals surface area contributed by atoms with Crippen LogP contribution in [0.1, 0.15) is 22.2 Å². The van der Waals surface area contributed by atoms with E-state index in [4.69, 9.17) is 9.47 Å². The molecule has 5 nitrogen and oxygen atoms in total. The first kappa shape index (κ1) is 18.1. The van der Waals surface area contributed by atoms with E-state index in [0.717, 1.165) is 0 Å². The van der Waals surface area contributed by atoms with Crippen molar-refractivity contribution in [3.63, 3.8) is 0 Å². The van der Waals surface area contributed by atoms with E-state index >= 15 is 0 Å². The Morgan fingerprint density at radius 3 is 2.65 bits per heavy atom. The van der Waals surface area contributed by atoms with Gasteiger partial charge in [-0.1, -0.05) is 12.1 Å². The fraction of sp³-hybridized carbons (Fsp3) is 0.235. The van der Waals surface area contributed by atoms with Crippen molar-refractivity contribution < 1.29 is 27.4 Å². The van der Waals surface area contributed by atoms with E-state index in [9.17, 15) is 18.0 Å². The summed E-state index contributed by atoms with van der Waals surface area (Å²) in [7, 11) is 1.43. The minimum absolute atomic E-state index is 0.0273. The van der Waals surface area contributed by atoms with Gasteiger partial charge in [0.05, 0.1) is 19.4 Å². The number of esters is 1. The van der Waals surface area contributed by atoms with Crippen molar-refractivity contribution in [2.45, 2.75) is 13.1 Å². The van der Waals surface area contributed by atoms with E-state index in [2.05, 4.69) is 9.36 Å². The zero-order valence-corrected chi connectivity index (χ0v) is 14.6. The Morgan fingerprint density at radius 2 is 2.00 bits per heavy atom. The molecule has 0 radical (unpaired) electrons. The van der Waals surface area contributed by atoms with Crippen LogP contribution in [0.3, 0.4) is 0 Å². The lowest BCUT2D eigenvalue weighted by Crippen LogP contribution is -2.13. The van der Waals surface area contributed by atoms with Crippen molar-refractivity contribution in [1.82, 2.24) is 9.36 Å². The number of benzene rings is 1. The van der Waals surface area contributed by atoms with Crippen molar-refractivity contribution in [1.29, 1.82) is 0 Å². The van der Waals surface area contributed by atoms with Crippen LogP contribution in [-0.2, 0) is 10.9 Å². The molecule has 1 aromatic carbocycles. The van der Waals surface area contributed by atoms with Gasteiger partial charge in [0.25, 0.3) is 0 Å². The van der Waals surface area contributed by atoms with Gasteiger partial charge in [-0.25, -0.2) is 9.78 Å². The number of pyridine rings is 1. The molecule has 0 N–H and O–H groups in total. The number of carbonyl (C=O) groups is 1. The van der Waals surface area contributed by atoms with Crippen molar-refractivity contribution in [2.24, 2.45) is 0 Å². The lowest BCUT2D eigenvalue weighted by molar-refractivity contribution is -0.137. The summed E-state index contributed by atoms with van der Waals surface area (Å²) in [6.07, 6.45) is -3.32. The van der Waals surface area contributed by atoms with Gasteiger partial charge in [0, 0.05) is 17.1 Å². The third kappa shape index (κ3) is 3.10. The van der Waals surface area contributed by atoms with Crippen LogP contribution in [0, 0.1) is 0 Å². The molecule has 3 rings (SSSR count). The molecule has 0 saturated heterocycles. The largest absolute Gasteiger partial charge is 0.481 e. The van der Waals surface area contributed by atoms with E-state index in [0.29, 0.717) is 28.2 Å². The molecular formula is C17H13F3N2O3S. The molecule has 0 aliphatic rings. The third-order valence-electron chi connectivity index (χ3n) is 3.65. The summed E-state index contributed by atoms with van der Waals surface area (Å²) in [5.41, 5.74) is -1.17. The number of hydrogen-bond acceptors (Lipinski definition) is 6. The first-order valence-electron chi connectivity index (χ1n) is 7.54. The molecule has 0 aliphatic heterocycles. The van der Waals surface area contributed by atoms with E-state index in [-0.39, 0.29) is 17.9 Å². The van der Waals surface area contributed by atoms with Crippen LogP contribution in [0.15, 0.2) is 30.5 Å². The number of aromatic nitrogens is 2. The van der Waals surface area contributed by atoms with Gasteiger partial charge in [-0.3, -0.25) is 0 Å². The van der Waals surface area contributed by atoms with Crippen molar-refractivity contribution in [3.8, 4) is 17.1 Å². The molecule has 0 amide bonds. The molecule has 0 atom stereocenters. The summed E-state index contributed by atoms with van der Waals surface area (Å²) >= 11 is 0.473. The quantitative estimate of drug-likeness (QED) is 0.619. The fourth-order valence-electron chi connectivity index (χ4n) is 2.62. The summed E-state index contributed by atoms with van der Waals surface area (Å²) in [5.74, 6) is -0.748. The van der Waals surface area contributed by atoms with Gasteiger partial charge < -0.3 is 9.47 Å². The molecule has 26 heavy (non-hydrogen) atoms. The second-order valence-corrected chi connectivity index (χ2v) is 5.95. The summed E-state index contributed by atoms with van der Waals surface area (Å²) in [6.45, 7) is 1.50. The predicted octanol–water partition coefficient (Wildman–Crippen LogP) is 4.56. The molecule has 2 aromatic heterocycles. The number of halogens is 3. The minimum Gasteiger partial charge on any atom is -0.481 e. The van der Waals surface area contributed by atoms with Crippen molar-refractivity contribution in [2.75, 3.05) is 13.7 Å². The fourth-order valence-corrected chi connectivity index (χ4v) is 3.43. The number of hydrogen-bond donors (Lipinski definition) is 0. The summed E-state index contributed by atoms with van der Waals surface area (Å²) in [6, 6.07) is 6.37. The molecule has 136 valence electrons. The number of fused-ring (bicyclic) bond motifs is 1. The Balaban J connectivity index is 2.29. The Labute approximate surface area is 150 Å². The minimum atomic E-state index is -4.76. The first-order chi connectivity index (χ1) is 12.4. The Morgan fingerprint density at radius 1 is 1.23 bits per heavy atom. The van der Waals surface area contributed by atoms with Gasteiger partial charge in [0.2, 0.25) is 5.88 Å². The van der Waals surface area contributed by atoms with Gasteiger partial charge in [0.1, 0.15) is 10.4 Å². The van der Waals surface area contributed by atoms with Crippen LogP contribution in [0.25, 0.3) is 22.0 Å². The highest BCUT2D eigenvalue weighted by atomic mass is 32.1. The average Bonchev–Trinajstić information content (AvgIpc) is 3.06. The molecule has 0 spiro atoms. The number of nitrogens with zero attached hydrogens (tertiary/aromatic N) is 2. The van der Waals surface area contributed by atoms with E-state index in [1.165, 1.54) is 26.3 Å². The summed E-state index contributed by atoms with van der Waals surface area (Å²) < 4.78 is 54.9. The monoisotopic (exact) mass is 382 g/mol. The zero-order valence-electron chi connectivity index (χ0n) is 13.8. The number of alkyl halides is 3. The van der Waals surface area contributed by atoms with Crippen LogP contribution in [0.5, 0.6) is 5.88 Å². The van der Waals surface area contributed by atoms with Gasteiger partial charge in [0.15, 0.2) is 0 Å². The molecule has 0 bridgehead atoms. The van der Waals surface area contributed by atoms with E-state index in [1.54, 1.807) is 18.2 Å². The molecule has 9 heteroatoms. The molecule has 2 heterocycles. The van der Waals surface area contributed by atoms with Gasteiger partial charge >= 0.3 is 12.1 Å². The Hall–Kier alpha value is -2.68. The topological polar surface area (TPSA) is 61.3 Å². The maximum absolute atomic E-state index is 13.7. The summed E-state index contributed by atoms with van der Waals surface area (Å²) in [4.78, 5) is 15.4. The van der Waals surface area contributed by atoms with Gasteiger partial charge in [-0.05, 0) is 36.0 Å². The maximum atomic E-state index is 13.7. The molecule has 0 unspecified atom stereocenters. The number of rotatable bonds is 4. The second kappa shape index (κ2) is 6.91. The lowest BCUT2D eigenvalue weighted by atomic mass is 10.00. The molecule has 0 saturated carbocycles. The van der Waals surface area contributed by atoms with E-state index in [1.807, 2.05) is 0 Å².